The second kappa shape index (κ2) is 9.52. The number of likely N-dealkylation sites (N-methyl/N-ethyl adjacent to an activating group) is 1. The van der Waals surface area contributed by atoms with Crippen molar-refractivity contribution < 1.29 is 22.7 Å². The van der Waals surface area contributed by atoms with E-state index in [1.807, 2.05) is 24.9 Å². The summed E-state index contributed by atoms with van der Waals surface area (Å²) in [7, 11) is 2.00. The minimum atomic E-state index is -4.52. The number of anilines is 2. The molecule has 2 aliphatic rings. The first-order chi connectivity index (χ1) is 15.6. The van der Waals surface area contributed by atoms with Crippen molar-refractivity contribution in [1.82, 2.24) is 9.80 Å². The lowest BCUT2D eigenvalue weighted by atomic mass is 10.0. The summed E-state index contributed by atoms with van der Waals surface area (Å²) in [6.07, 6.45) is -3.84. The quantitative estimate of drug-likeness (QED) is 0.576. The molecule has 2 aliphatic heterocycles. The molecule has 0 aliphatic carbocycles. The minimum absolute atomic E-state index is 0.0236. The zero-order valence-electron chi connectivity index (χ0n) is 18.4. The summed E-state index contributed by atoms with van der Waals surface area (Å²) in [6.45, 7) is 5.23. The third kappa shape index (κ3) is 5.62. The number of hydrogen-bond donors (Lipinski definition) is 2. The molecule has 2 aromatic rings. The minimum Gasteiger partial charge on any atom is -0.488 e. The van der Waals surface area contributed by atoms with E-state index in [-0.39, 0.29) is 23.9 Å². The Balaban J connectivity index is 1.48. The highest BCUT2D eigenvalue weighted by molar-refractivity contribution is 9.10. The maximum absolute atomic E-state index is 13.8. The summed E-state index contributed by atoms with van der Waals surface area (Å²) in [5.74, 6) is 0.575. The normalized spacial score (nSPS) is 19.2. The Hall–Kier alpha value is -2.30. The lowest BCUT2D eigenvalue weighted by Crippen LogP contribution is -2.44. The Morgan fingerprint density at radius 2 is 1.88 bits per heavy atom. The van der Waals surface area contributed by atoms with Crippen LogP contribution < -0.4 is 15.4 Å². The van der Waals surface area contributed by atoms with E-state index in [4.69, 9.17) is 4.74 Å². The lowest BCUT2D eigenvalue weighted by molar-refractivity contribution is -0.138. The number of amides is 2. The molecule has 0 aromatic heterocycles. The van der Waals surface area contributed by atoms with Crippen LogP contribution in [0.1, 0.15) is 23.6 Å². The molecule has 178 valence electrons. The summed E-state index contributed by atoms with van der Waals surface area (Å²) in [5.41, 5.74) is 0.961. The van der Waals surface area contributed by atoms with Gasteiger partial charge < -0.3 is 20.3 Å². The number of nitrogens with one attached hydrogen (secondary N) is 2. The standard InChI is InChI=1S/C23H26BrF3N4O2/c1-14-11-17-19(24)5-6-20(21(17)33-14)29-22(32)28-16-4-3-15(18(12-16)23(25,26)27)13-31-9-7-30(2)8-10-31/h3-6,12,14H,7-11,13H2,1-2H3,(H2,28,29,32). The Labute approximate surface area is 199 Å². The second-order valence-electron chi connectivity index (χ2n) is 8.56. The molecule has 0 spiro atoms. The van der Waals surface area contributed by atoms with Crippen LogP contribution in [-0.2, 0) is 19.1 Å². The monoisotopic (exact) mass is 526 g/mol. The molecule has 1 unspecified atom stereocenters. The number of urea groups is 1. The van der Waals surface area contributed by atoms with Crippen molar-refractivity contribution in [3.05, 3.63) is 51.5 Å². The molecular weight excluding hydrogens is 501 g/mol. The molecule has 2 amide bonds. The zero-order valence-corrected chi connectivity index (χ0v) is 20.0. The summed E-state index contributed by atoms with van der Waals surface area (Å²) < 4.78 is 48.0. The van der Waals surface area contributed by atoms with E-state index in [0.717, 1.165) is 29.2 Å². The van der Waals surface area contributed by atoms with Crippen molar-refractivity contribution >= 4 is 33.3 Å². The highest BCUT2D eigenvalue weighted by Crippen LogP contribution is 2.41. The molecule has 6 nitrogen and oxygen atoms in total. The number of rotatable bonds is 4. The van der Waals surface area contributed by atoms with Crippen LogP contribution in [0, 0.1) is 0 Å². The molecule has 0 saturated carbocycles. The van der Waals surface area contributed by atoms with Gasteiger partial charge in [0, 0.05) is 54.9 Å². The predicted octanol–water partition coefficient (Wildman–Crippen LogP) is 5.18. The van der Waals surface area contributed by atoms with Crippen molar-refractivity contribution in [2.24, 2.45) is 0 Å². The number of benzene rings is 2. The highest BCUT2D eigenvalue weighted by atomic mass is 79.9. The van der Waals surface area contributed by atoms with Crippen molar-refractivity contribution in [2.75, 3.05) is 43.9 Å². The van der Waals surface area contributed by atoms with Gasteiger partial charge in [0.2, 0.25) is 0 Å². The first-order valence-electron chi connectivity index (χ1n) is 10.8. The van der Waals surface area contributed by atoms with Gasteiger partial charge in [-0.25, -0.2) is 4.79 Å². The molecule has 0 bridgehead atoms. The zero-order chi connectivity index (χ0) is 23.8. The molecule has 0 radical (unpaired) electrons. The Bertz CT molecular complexity index is 1040. The van der Waals surface area contributed by atoms with E-state index in [1.165, 1.54) is 12.1 Å². The summed E-state index contributed by atoms with van der Waals surface area (Å²) in [4.78, 5) is 16.7. The van der Waals surface area contributed by atoms with Gasteiger partial charge in [0.1, 0.15) is 11.9 Å². The number of hydrogen-bond acceptors (Lipinski definition) is 4. The highest BCUT2D eigenvalue weighted by Gasteiger charge is 2.34. The first-order valence-corrected chi connectivity index (χ1v) is 11.6. The maximum Gasteiger partial charge on any atom is 0.416 e. The van der Waals surface area contributed by atoms with Gasteiger partial charge in [-0.15, -0.1) is 0 Å². The van der Waals surface area contributed by atoms with Crippen LogP contribution in [0.5, 0.6) is 5.75 Å². The molecule has 1 saturated heterocycles. The SMILES string of the molecule is CC1Cc2c(Br)ccc(NC(=O)Nc3ccc(CN4CCN(C)CC4)c(C(F)(F)F)c3)c2O1. The van der Waals surface area contributed by atoms with E-state index in [0.29, 0.717) is 30.9 Å². The van der Waals surface area contributed by atoms with Gasteiger partial charge in [-0.3, -0.25) is 4.90 Å². The number of piperazine rings is 1. The molecular formula is C23H26BrF3N4O2. The van der Waals surface area contributed by atoms with Crippen LogP contribution in [0.4, 0.5) is 29.3 Å². The topological polar surface area (TPSA) is 56.8 Å². The van der Waals surface area contributed by atoms with E-state index < -0.39 is 17.8 Å². The number of carbonyl (C=O) groups is 1. The van der Waals surface area contributed by atoms with Crippen LogP contribution in [0.3, 0.4) is 0 Å². The van der Waals surface area contributed by atoms with Gasteiger partial charge in [0.05, 0.1) is 11.3 Å². The van der Waals surface area contributed by atoms with Gasteiger partial charge in [0.15, 0.2) is 0 Å². The number of fused-ring (bicyclic) bond motifs is 1. The van der Waals surface area contributed by atoms with Gasteiger partial charge in [0.25, 0.3) is 0 Å². The Morgan fingerprint density at radius 1 is 1.15 bits per heavy atom. The second-order valence-corrected chi connectivity index (χ2v) is 9.42. The van der Waals surface area contributed by atoms with Gasteiger partial charge in [-0.05, 0) is 43.8 Å². The van der Waals surface area contributed by atoms with E-state index in [2.05, 4.69) is 31.5 Å². The third-order valence-corrected chi connectivity index (χ3v) is 6.67. The molecule has 4 rings (SSSR count). The number of alkyl halides is 3. The number of carbonyl (C=O) groups excluding carboxylic acids is 1. The van der Waals surface area contributed by atoms with E-state index in [9.17, 15) is 18.0 Å². The average molecular weight is 527 g/mol. The lowest BCUT2D eigenvalue weighted by Gasteiger charge is -2.33. The Morgan fingerprint density at radius 3 is 2.58 bits per heavy atom. The fourth-order valence-corrected chi connectivity index (χ4v) is 4.62. The maximum atomic E-state index is 13.8. The third-order valence-electron chi connectivity index (χ3n) is 5.93. The van der Waals surface area contributed by atoms with Crippen molar-refractivity contribution in [3.8, 4) is 5.75 Å². The molecule has 2 aromatic carbocycles. The van der Waals surface area contributed by atoms with E-state index >= 15 is 0 Å². The molecule has 33 heavy (non-hydrogen) atoms. The molecule has 1 fully saturated rings. The van der Waals surface area contributed by atoms with Crippen molar-refractivity contribution in [1.29, 1.82) is 0 Å². The van der Waals surface area contributed by atoms with Crippen LogP contribution in [0.25, 0.3) is 0 Å². The number of halogens is 4. The van der Waals surface area contributed by atoms with Gasteiger partial charge in [-0.1, -0.05) is 22.0 Å². The van der Waals surface area contributed by atoms with Crippen LogP contribution >= 0.6 is 15.9 Å². The van der Waals surface area contributed by atoms with Crippen LogP contribution in [0.2, 0.25) is 0 Å². The van der Waals surface area contributed by atoms with Crippen molar-refractivity contribution in [3.63, 3.8) is 0 Å². The fourth-order valence-electron chi connectivity index (χ4n) is 4.14. The molecule has 2 N–H and O–H groups in total. The molecule has 2 heterocycles. The first kappa shape index (κ1) is 23.8. The molecule has 10 heteroatoms. The van der Waals surface area contributed by atoms with Gasteiger partial charge in [-0.2, -0.15) is 13.2 Å². The number of ether oxygens (including phenoxy) is 1. The molecule has 1 atom stereocenters. The summed E-state index contributed by atoms with van der Waals surface area (Å²) in [5, 5.41) is 5.21. The Kier molecular flexibility index (Phi) is 6.88. The van der Waals surface area contributed by atoms with E-state index in [1.54, 1.807) is 6.07 Å². The van der Waals surface area contributed by atoms with Crippen LogP contribution in [0.15, 0.2) is 34.8 Å². The van der Waals surface area contributed by atoms with Gasteiger partial charge >= 0.3 is 12.2 Å². The smallest absolute Gasteiger partial charge is 0.416 e. The summed E-state index contributed by atoms with van der Waals surface area (Å²) >= 11 is 3.48. The largest absolute Gasteiger partial charge is 0.488 e. The fraction of sp³-hybridized carbons (Fsp3) is 0.435. The average Bonchev–Trinajstić information content (AvgIpc) is 3.15. The summed E-state index contributed by atoms with van der Waals surface area (Å²) in [6, 6.07) is 6.81. The number of nitrogens with zero attached hydrogens (tertiary/aromatic N) is 2. The van der Waals surface area contributed by atoms with Crippen molar-refractivity contribution in [2.45, 2.75) is 32.2 Å². The van der Waals surface area contributed by atoms with Crippen LogP contribution in [-0.4, -0.2) is 55.2 Å². The predicted molar refractivity (Wildman–Crippen MR) is 125 cm³/mol.